The van der Waals surface area contributed by atoms with Crippen LogP contribution in [0.5, 0.6) is 0 Å². The predicted molar refractivity (Wildman–Crippen MR) is 76.6 cm³/mol. The molecule has 0 aromatic heterocycles. The van der Waals surface area contributed by atoms with Crippen molar-refractivity contribution in [2.45, 2.75) is 12.3 Å². The molecular weight excluding hydrogens is 276 g/mol. The van der Waals surface area contributed by atoms with Gasteiger partial charge >= 0.3 is 0 Å². The molecule has 0 fully saturated rings. The maximum Gasteiger partial charge on any atom is 0.269 e. The third-order valence-corrected chi connectivity index (χ3v) is 3.27. The standard InChI is InChI=1S/C15H11ClN2O2/c16-14-5-3-12(4-6-14)13(10-17)9-11-1-7-15(8-2-11)18(19)20/h1-8,13H,9H2. The van der Waals surface area contributed by atoms with Crippen LogP contribution in [0, 0.1) is 21.4 Å². The molecule has 0 amide bonds. The molecule has 2 rings (SSSR count). The summed E-state index contributed by atoms with van der Waals surface area (Å²) in [7, 11) is 0. The minimum absolute atomic E-state index is 0.0498. The lowest BCUT2D eigenvalue weighted by Crippen LogP contribution is -2.00. The lowest BCUT2D eigenvalue weighted by Gasteiger charge is -2.09. The van der Waals surface area contributed by atoms with Crippen LogP contribution < -0.4 is 0 Å². The first-order valence-corrected chi connectivity index (χ1v) is 6.36. The summed E-state index contributed by atoms with van der Waals surface area (Å²) in [6.07, 6.45) is 0.510. The molecule has 0 heterocycles. The zero-order valence-electron chi connectivity index (χ0n) is 10.5. The Hall–Kier alpha value is -2.38. The monoisotopic (exact) mass is 286 g/mol. The average molecular weight is 287 g/mol. The van der Waals surface area contributed by atoms with Crippen molar-refractivity contribution in [3.63, 3.8) is 0 Å². The zero-order valence-corrected chi connectivity index (χ0v) is 11.2. The van der Waals surface area contributed by atoms with Gasteiger partial charge in [0.05, 0.1) is 16.9 Å². The molecule has 0 aliphatic carbocycles. The highest BCUT2D eigenvalue weighted by Crippen LogP contribution is 2.23. The molecule has 20 heavy (non-hydrogen) atoms. The lowest BCUT2D eigenvalue weighted by atomic mass is 9.93. The van der Waals surface area contributed by atoms with Gasteiger partial charge in [-0.25, -0.2) is 0 Å². The molecule has 0 radical (unpaired) electrons. The highest BCUT2D eigenvalue weighted by molar-refractivity contribution is 6.30. The molecular formula is C15H11ClN2O2. The van der Waals surface area contributed by atoms with Crippen LogP contribution in [0.4, 0.5) is 5.69 Å². The van der Waals surface area contributed by atoms with E-state index in [1.165, 1.54) is 12.1 Å². The van der Waals surface area contributed by atoms with Crippen molar-refractivity contribution >= 4 is 17.3 Å². The summed E-state index contributed by atoms with van der Waals surface area (Å²) in [6, 6.07) is 15.6. The smallest absolute Gasteiger partial charge is 0.258 e. The normalized spacial score (nSPS) is 11.6. The molecule has 2 aromatic carbocycles. The Balaban J connectivity index is 2.16. The highest BCUT2D eigenvalue weighted by Gasteiger charge is 2.12. The topological polar surface area (TPSA) is 66.9 Å². The number of benzene rings is 2. The fourth-order valence-corrected chi connectivity index (χ4v) is 2.05. The van der Waals surface area contributed by atoms with Gasteiger partial charge in [0, 0.05) is 17.2 Å². The van der Waals surface area contributed by atoms with Crippen molar-refractivity contribution in [3.8, 4) is 6.07 Å². The van der Waals surface area contributed by atoms with Crippen LogP contribution in [0.1, 0.15) is 17.0 Å². The SMILES string of the molecule is N#CC(Cc1ccc([N+](=O)[O-])cc1)c1ccc(Cl)cc1. The molecule has 0 saturated carbocycles. The third kappa shape index (κ3) is 3.34. The Kier molecular flexibility index (Phi) is 4.34. The number of nitriles is 1. The van der Waals surface area contributed by atoms with Gasteiger partial charge in [-0.05, 0) is 29.7 Å². The predicted octanol–water partition coefficient (Wildman–Crippen LogP) is 4.10. The van der Waals surface area contributed by atoms with E-state index in [0.29, 0.717) is 11.4 Å². The van der Waals surface area contributed by atoms with Crippen LogP contribution >= 0.6 is 11.6 Å². The van der Waals surface area contributed by atoms with Gasteiger partial charge in [0.2, 0.25) is 0 Å². The molecule has 0 saturated heterocycles. The maximum atomic E-state index is 10.6. The van der Waals surface area contributed by atoms with E-state index in [4.69, 9.17) is 11.6 Å². The van der Waals surface area contributed by atoms with E-state index in [1.807, 2.05) is 12.1 Å². The van der Waals surface area contributed by atoms with Gasteiger partial charge in [0.25, 0.3) is 5.69 Å². The summed E-state index contributed by atoms with van der Waals surface area (Å²) in [5, 5.41) is 20.5. The molecule has 4 nitrogen and oxygen atoms in total. The van der Waals surface area contributed by atoms with Crippen molar-refractivity contribution in [2.24, 2.45) is 0 Å². The summed E-state index contributed by atoms with van der Waals surface area (Å²) < 4.78 is 0. The van der Waals surface area contributed by atoms with E-state index >= 15 is 0 Å². The second-order valence-electron chi connectivity index (χ2n) is 4.36. The molecule has 2 aromatic rings. The number of nitro benzene ring substituents is 1. The van der Waals surface area contributed by atoms with Crippen molar-refractivity contribution in [2.75, 3.05) is 0 Å². The first-order valence-electron chi connectivity index (χ1n) is 5.98. The van der Waals surface area contributed by atoms with Crippen molar-refractivity contribution in [1.29, 1.82) is 5.26 Å². The number of hydrogen-bond donors (Lipinski definition) is 0. The number of nitro groups is 1. The number of non-ortho nitro benzene ring substituents is 1. The Bertz CT molecular complexity index is 645. The molecule has 0 spiro atoms. The van der Waals surface area contributed by atoms with Crippen LogP contribution in [-0.2, 0) is 6.42 Å². The van der Waals surface area contributed by atoms with E-state index in [9.17, 15) is 15.4 Å². The summed E-state index contributed by atoms with van der Waals surface area (Å²) >= 11 is 5.82. The van der Waals surface area contributed by atoms with E-state index in [1.54, 1.807) is 24.3 Å². The molecule has 100 valence electrons. The molecule has 5 heteroatoms. The highest BCUT2D eigenvalue weighted by atomic mass is 35.5. The quantitative estimate of drug-likeness (QED) is 0.628. The summed E-state index contributed by atoms with van der Waals surface area (Å²) in [6.45, 7) is 0. The third-order valence-electron chi connectivity index (χ3n) is 3.02. The van der Waals surface area contributed by atoms with Crippen LogP contribution in [0.25, 0.3) is 0 Å². The van der Waals surface area contributed by atoms with Gasteiger partial charge in [-0.3, -0.25) is 10.1 Å². The van der Waals surface area contributed by atoms with Gasteiger partial charge in [-0.15, -0.1) is 0 Å². The minimum Gasteiger partial charge on any atom is -0.258 e. The lowest BCUT2D eigenvalue weighted by molar-refractivity contribution is -0.384. The zero-order chi connectivity index (χ0) is 14.5. The van der Waals surface area contributed by atoms with E-state index in [2.05, 4.69) is 6.07 Å². The number of rotatable bonds is 4. The van der Waals surface area contributed by atoms with Gasteiger partial charge < -0.3 is 0 Å². The van der Waals surface area contributed by atoms with Gasteiger partial charge in [0.15, 0.2) is 0 Å². The summed E-state index contributed by atoms with van der Waals surface area (Å²) in [5.74, 6) is -0.297. The molecule has 1 unspecified atom stereocenters. The Morgan fingerprint density at radius 1 is 1.15 bits per heavy atom. The molecule has 1 atom stereocenters. The van der Waals surface area contributed by atoms with E-state index < -0.39 is 4.92 Å². The largest absolute Gasteiger partial charge is 0.269 e. The number of hydrogen-bond acceptors (Lipinski definition) is 3. The first kappa shape index (κ1) is 14.0. The van der Waals surface area contributed by atoms with Crippen molar-refractivity contribution in [3.05, 3.63) is 74.8 Å². The second-order valence-corrected chi connectivity index (χ2v) is 4.80. The van der Waals surface area contributed by atoms with Crippen LogP contribution in [0.15, 0.2) is 48.5 Å². The summed E-state index contributed by atoms with van der Waals surface area (Å²) in [5.41, 5.74) is 1.82. The fourth-order valence-electron chi connectivity index (χ4n) is 1.92. The van der Waals surface area contributed by atoms with Gasteiger partial charge in [-0.2, -0.15) is 5.26 Å². The van der Waals surface area contributed by atoms with E-state index in [0.717, 1.165) is 11.1 Å². The maximum absolute atomic E-state index is 10.6. The van der Waals surface area contributed by atoms with Crippen molar-refractivity contribution in [1.82, 2.24) is 0 Å². The molecule has 0 bridgehead atoms. The number of halogens is 1. The second kappa shape index (κ2) is 6.18. The molecule has 0 N–H and O–H groups in total. The summed E-state index contributed by atoms with van der Waals surface area (Å²) in [4.78, 5) is 10.1. The number of nitrogens with zero attached hydrogens (tertiary/aromatic N) is 2. The Labute approximate surface area is 121 Å². The fraction of sp³-hybridized carbons (Fsp3) is 0.133. The van der Waals surface area contributed by atoms with Gasteiger partial charge in [0.1, 0.15) is 0 Å². The average Bonchev–Trinajstić information content (AvgIpc) is 2.46. The van der Waals surface area contributed by atoms with E-state index in [-0.39, 0.29) is 11.6 Å². The van der Waals surface area contributed by atoms with Crippen LogP contribution in [0.2, 0.25) is 5.02 Å². The Morgan fingerprint density at radius 2 is 1.75 bits per heavy atom. The first-order chi connectivity index (χ1) is 9.60. The molecule has 0 aliphatic rings. The molecule has 0 aliphatic heterocycles. The van der Waals surface area contributed by atoms with Crippen LogP contribution in [-0.4, -0.2) is 4.92 Å². The van der Waals surface area contributed by atoms with Crippen LogP contribution in [0.3, 0.4) is 0 Å². The minimum atomic E-state index is -0.440. The van der Waals surface area contributed by atoms with Gasteiger partial charge in [-0.1, -0.05) is 35.9 Å². The van der Waals surface area contributed by atoms with Crippen molar-refractivity contribution < 1.29 is 4.92 Å². The Morgan fingerprint density at radius 3 is 2.25 bits per heavy atom.